The monoisotopic (exact) mass is 289 g/mol. The van der Waals surface area contributed by atoms with Crippen LogP contribution in [0.15, 0.2) is 22.7 Å². The van der Waals surface area contributed by atoms with E-state index < -0.39 is 0 Å². The van der Waals surface area contributed by atoms with E-state index in [4.69, 9.17) is 4.52 Å². The zero-order valence-corrected chi connectivity index (χ0v) is 12.2. The molecule has 1 aliphatic heterocycles. The van der Waals surface area contributed by atoms with E-state index in [1.54, 1.807) is 19.1 Å². The molecule has 0 bridgehead atoms. The third kappa shape index (κ3) is 3.47. The average Bonchev–Trinajstić information content (AvgIpc) is 2.98. The van der Waals surface area contributed by atoms with E-state index in [9.17, 15) is 4.39 Å². The molecule has 1 aromatic carbocycles. The molecular formula is C16H20FN3O. The van der Waals surface area contributed by atoms with Gasteiger partial charge in [0.25, 0.3) is 0 Å². The number of hydrogen-bond donors (Lipinski definition) is 1. The number of nitrogens with one attached hydrogen (secondary N) is 1. The van der Waals surface area contributed by atoms with Crippen molar-refractivity contribution in [3.05, 3.63) is 35.5 Å². The van der Waals surface area contributed by atoms with Crippen molar-refractivity contribution in [2.75, 3.05) is 13.1 Å². The highest BCUT2D eigenvalue weighted by molar-refractivity contribution is 5.55. The van der Waals surface area contributed by atoms with Gasteiger partial charge in [-0.05, 0) is 69.0 Å². The molecule has 1 aromatic heterocycles. The van der Waals surface area contributed by atoms with Crippen molar-refractivity contribution in [3.63, 3.8) is 0 Å². The van der Waals surface area contributed by atoms with Crippen LogP contribution < -0.4 is 5.32 Å². The molecule has 4 nitrogen and oxygen atoms in total. The van der Waals surface area contributed by atoms with Crippen molar-refractivity contribution in [1.29, 1.82) is 0 Å². The Morgan fingerprint density at radius 3 is 3.10 bits per heavy atom. The zero-order chi connectivity index (χ0) is 14.7. The maximum atomic E-state index is 13.3. The van der Waals surface area contributed by atoms with Crippen molar-refractivity contribution in [3.8, 4) is 11.4 Å². The van der Waals surface area contributed by atoms with E-state index in [2.05, 4.69) is 15.5 Å². The Bertz CT molecular complexity index is 605. The molecular weight excluding hydrogens is 269 g/mol. The van der Waals surface area contributed by atoms with Gasteiger partial charge in [0.15, 0.2) is 0 Å². The summed E-state index contributed by atoms with van der Waals surface area (Å²) in [4.78, 5) is 4.42. The first-order chi connectivity index (χ1) is 10.2. The molecule has 1 unspecified atom stereocenters. The van der Waals surface area contributed by atoms with Gasteiger partial charge in [0.1, 0.15) is 5.82 Å². The van der Waals surface area contributed by atoms with Gasteiger partial charge in [-0.25, -0.2) is 4.39 Å². The van der Waals surface area contributed by atoms with Crippen LogP contribution >= 0.6 is 0 Å². The fourth-order valence-corrected chi connectivity index (χ4v) is 2.76. The van der Waals surface area contributed by atoms with Crippen LogP contribution in [0.25, 0.3) is 11.4 Å². The minimum absolute atomic E-state index is 0.215. The van der Waals surface area contributed by atoms with Gasteiger partial charge in [0, 0.05) is 12.0 Å². The van der Waals surface area contributed by atoms with Crippen LogP contribution in [-0.2, 0) is 6.42 Å². The SMILES string of the molecule is Cc1cc(-c2noc(CCC3CCCNC3)n2)ccc1F. The van der Waals surface area contributed by atoms with Gasteiger partial charge >= 0.3 is 0 Å². The lowest BCUT2D eigenvalue weighted by Gasteiger charge is -2.21. The lowest BCUT2D eigenvalue weighted by Crippen LogP contribution is -2.29. The fraction of sp³-hybridized carbons (Fsp3) is 0.500. The second-order valence-electron chi connectivity index (χ2n) is 5.73. The number of benzene rings is 1. The predicted octanol–water partition coefficient (Wildman–Crippen LogP) is 3.12. The first-order valence-electron chi connectivity index (χ1n) is 7.52. The average molecular weight is 289 g/mol. The molecule has 0 saturated carbocycles. The fourth-order valence-electron chi connectivity index (χ4n) is 2.76. The molecule has 2 heterocycles. The van der Waals surface area contributed by atoms with E-state index in [0.717, 1.165) is 31.5 Å². The second kappa shape index (κ2) is 6.35. The van der Waals surface area contributed by atoms with E-state index in [1.807, 2.05) is 0 Å². The van der Waals surface area contributed by atoms with Crippen molar-refractivity contribution < 1.29 is 8.91 Å². The number of aromatic nitrogens is 2. The number of nitrogens with zero attached hydrogens (tertiary/aromatic N) is 2. The van der Waals surface area contributed by atoms with Crippen LogP contribution in [0.4, 0.5) is 4.39 Å². The molecule has 1 fully saturated rings. The van der Waals surface area contributed by atoms with Crippen LogP contribution in [0.1, 0.15) is 30.7 Å². The molecule has 5 heteroatoms. The highest BCUT2D eigenvalue weighted by Gasteiger charge is 2.15. The van der Waals surface area contributed by atoms with E-state index in [1.165, 1.54) is 18.9 Å². The minimum Gasteiger partial charge on any atom is -0.339 e. The molecule has 0 amide bonds. The van der Waals surface area contributed by atoms with Gasteiger partial charge in [0.2, 0.25) is 11.7 Å². The summed E-state index contributed by atoms with van der Waals surface area (Å²) in [6, 6.07) is 4.87. The Morgan fingerprint density at radius 1 is 1.43 bits per heavy atom. The molecule has 1 aliphatic rings. The summed E-state index contributed by atoms with van der Waals surface area (Å²) < 4.78 is 18.6. The van der Waals surface area contributed by atoms with Gasteiger partial charge in [0.05, 0.1) is 0 Å². The summed E-state index contributed by atoms with van der Waals surface area (Å²) in [5, 5.41) is 7.41. The van der Waals surface area contributed by atoms with Crippen LogP contribution in [0, 0.1) is 18.7 Å². The lowest BCUT2D eigenvalue weighted by atomic mass is 9.95. The number of hydrogen-bond acceptors (Lipinski definition) is 4. The summed E-state index contributed by atoms with van der Waals surface area (Å²) in [5.74, 6) is 1.68. The smallest absolute Gasteiger partial charge is 0.226 e. The Kier molecular flexibility index (Phi) is 4.29. The Labute approximate surface area is 123 Å². The van der Waals surface area contributed by atoms with Gasteiger partial charge in [-0.2, -0.15) is 4.98 Å². The summed E-state index contributed by atoms with van der Waals surface area (Å²) in [7, 11) is 0. The Morgan fingerprint density at radius 2 is 2.33 bits per heavy atom. The number of rotatable bonds is 4. The molecule has 3 rings (SSSR count). The van der Waals surface area contributed by atoms with E-state index in [-0.39, 0.29) is 5.82 Å². The first kappa shape index (κ1) is 14.2. The highest BCUT2D eigenvalue weighted by atomic mass is 19.1. The topological polar surface area (TPSA) is 51.0 Å². The summed E-state index contributed by atoms with van der Waals surface area (Å²) in [6.07, 6.45) is 4.39. The third-order valence-electron chi connectivity index (χ3n) is 4.05. The summed E-state index contributed by atoms with van der Waals surface area (Å²) >= 11 is 0. The van der Waals surface area contributed by atoms with Gasteiger partial charge in [-0.15, -0.1) is 0 Å². The predicted molar refractivity (Wildman–Crippen MR) is 78.3 cm³/mol. The molecule has 21 heavy (non-hydrogen) atoms. The standard InChI is InChI=1S/C16H20FN3O/c1-11-9-13(5-6-14(11)17)16-19-15(21-20-16)7-4-12-3-2-8-18-10-12/h5-6,9,12,18H,2-4,7-8,10H2,1H3. The summed E-state index contributed by atoms with van der Waals surface area (Å²) in [5.41, 5.74) is 1.38. The maximum absolute atomic E-state index is 13.3. The van der Waals surface area contributed by atoms with Crippen molar-refractivity contribution >= 4 is 0 Å². The van der Waals surface area contributed by atoms with Crippen LogP contribution in [0.3, 0.4) is 0 Å². The largest absolute Gasteiger partial charge is 0.339 e. The molecule has 2 aromatic rings. The number of aryl methyl sites for hydroxylation is 2. The number of piperidine rings is 1. The first-order valence-corrected chi connectivity index (χ1v) is 7.52. The van der Waals surface area contributed by atoms with Gasteiger partial charge in [-0.3, -0.25) is 0 Å². The zero-order valence-electron chi connectivity index (χ0n) is 12.2. The second-order valence-corrected chi connectivity index (χ2v) is 5.73. The van der Waals surface area contributed by atoms with E-state index in [0.29, 0.717) is 23.2 Å². The molecule has 1 saturated heterocycles. The van der Waals surface area contributed by atoms with Crippen molar-refractivity contribution in [1.82, 2.24) is 15.5 Å². The van der Waals surface area contributed by atoms with E-state index >= 15 is 0 Å². The van der Waals surface area contributed by atoms with Crippen molar-refractivity contribution in [2.24, 2.45) is 5.92 Å². The summed E-state index contributed by atoms with van der Waals surface area (Å²) in [6.45, 7) is 3.94. The molecule has 0 spiro atoms. The van der Waals surface area contributed by atoms with Crippen molar-refractivity contribution in [2.45, 2.75) is 32.6 Å². The normalized spacial score (nSPS) is 18.9. The van der Waals surface area contributed by atoms with Crippen LogP contribution in [-0.4, -0.2) is 23.2 Å². The van der Waals surface area contributed by atoms with Crippen LogP contribution in [0.5, 0.6) is 0 Å². The third-order valence-corrected chi connectivity index (χ3v) is 4.05. The maximum Gasteiger partial charge on any atom is 0.226 e. The highest BCUT2D eigenvalue weighted by Crippen LogP contribution is 2.21. The molecule has 0 radical (unpaired) electrons. The van der Waals surface area contributed by atoms with Crippen LogP contribution in [0.2, 0.25) is 0 Å². The molecule has 1 atom stereocenters. The lowest BCUT2D eigenvalue weighted by molar-refractivity contribution is 0.327. The molecule has 112 valence electrons. The number of halogens is 1. The minimum atomic E-state index is -0.215. The van der Waals surface area contributed by atoms with Gasteiger partial charge < -0.3 is 9.84 Å². The quantitative estimate of drug-likeness (QED) is 0.939. The van der Waals surface area contributed by atoms with Gasteiger partial charge in [-0.1, -0.05) is 5.16 Å². The Hall–Kier alpha value is -1.75. The Balaban J connectivity index is 1.63. The molecule has 0 aliphatic carbocycles. The molecule has 1 N–H and O–H groups in total.